The van der Waals surface area contributed by atoms with Crippen LogP contribution in [0.3, 0.4) is 0 Å². The fourth-order valence-corrected chi connectivity index (χ4v) is 2.10. The average Bonchev–Trinajstić information content (AvgIpc) is 2.85. The molecule has 2 N–H and O–H groups in total. The molecular formula is C15H9F2NO2. The molecule has 1 heterocycles. The number of aromatic amines is 1. The predicted octanol–water partition coefficient (Wildman–Crippen LogP) is 3.81. The maximum Gasteiger partial charge on any atom is 0.352 e. The van der Waals surface area contributed by atoms with E-state index < -0.39 is 17.6 Å². The van der Waals surface area contributed by atoms with Gasteiger partial charge in [-0.2, -0.15) is 0 Å². The zero-order chi connectivity index (χ0) is 14.3. The van der Waals surface area contributed by atoms with Crippen LogP contribution in [0.2, 0.25) is 0 Å². The largest absolute Gasteiger partial charge is 0.477 e. The van der Waals surface area contributed by atoms with E-state index >= 15 is 0 Å². The van der Waals surface area contributed by atoms with Gasteiger partial charge in [0.05, 0.1) is 0 Å². The van der Waals surface area contributed by atoms with Gasteiger partial charge in [-0.05, 0) is 35.4 Å². The van der Waals surface area contributed by atoms with Gasteiger partial charge in [-0.1, -0.05) is 18.2 Å². The number of aromatic nitrogens is 1. The maximum atomic E-state index is 13.2. The molecule has 0 atom stereocenters. The summed E-state index contributed by atoms with van der Waals surface area (Å²) in [6.45, 7) is 0. The Morgan fingerprint density at radius 1 is 0.950 bits per heavy atom. The molecule has 20 heavy (non-hydrogen) atoms. The van der Waals surface area contributed by atoms with Crippen molar-refractivity contribution in [2.45, 2.75) is 0 Å². The fraction of sp³-hybridized carbons (Fsp3) is 0. The highest BCUT2D eigenvalue weighted by Gasteiger charge is 2.09. The Bertz CT molecular complexity index is 824. The first kappa shape index (κ1) is 12.3. The summed E-state index contributed by atoms with van der Waals surface area (Å²) in [5.74, 6) is -2.86. The summed E-state index contributed by atoms with van der Waals surface area (Å²) in [4.78, 5) is 13.6. The van der Waals surface area contributed by atoms with E-state index in [9.17, 15) is 13.6 Å². The Kier molecular flexibility index (Phi) is 2.75. The van der Waals surface area contributed by atoms with Crippen molar-refractivity contribution in [3.05, 3.63) is 59.8 Å². The van der Waals surface area contributed by atoms with Crippen molar-refractivity contribution in [1.82, 2.24) is 4.98 Å². The van der Waals surface area contributed by atoms with Crippen molar-refractivity contribution in [3.8, 4) is 11.1 Å². The van der Waals surface area contributed by atoms with E-state index in [1.165, 1.54) is 12.1 Å². The number of aromatic carboxylic acids is 1. The molecule has 0 saturated carbocycles. The van der Waals surface area contributed by atoms with Crippen LogP contribution >= 0.6 is 0 Å². The Morgan fingerprint density at radius 2 is 1.65 bits per heavy atom. The molecule has 3 aromatic rings. The fourth-order valence-electron chi connectivity index (χ4n) is 2.10. The number of nitrogens with one attached hydrogen (secondary N) is 1. The molecular weight excluding hydrogens is 264 g/mol. The SMILES string of the molecule is O=C(O)c1cc2ccc(-c3ccc(F)c(F)c3)cc2[nH]1. The molecule has 0 aliphatic carbocycles. The number of carboxylic acids is 1. The number of carboxylic acid groups (broad SMARTS) is 1. The van der Waals surface area contributed by atoms with Gasteiger partial charge in [-0.3, -0.25) is 0 Å². The number of carbonyl (C=O) groups is 1. The van der Waals surface area contributed by atoms with Crippen LogP contribution < -0.4 is 0 Å². The summed E-state index contributed by atoms with van der Waals surface area (Å²) < 4.78 is 26.1. The molecule has 0 radical (unpaired) electrons. The van der Waals surface area contributed by atoms with Crippen LogP contribution in [0, 0.1) is 11.6 Å². The number of fused-ring (bicyclic) bond motifs is 1. The number of hydrogen-bond donors (Lipinski definition) is 2. The summed E-state index contributed by atoms with van der Waals surface area (Å²) in [7, 11) is 0. The standard InChI is InChI=1S/C15H9F2NO2/c16-11-4-3-8(5-12(11)17)9-1-2-10-7-14(15(19)20)18-13(10)6-9/h1-7,18H,(H,19,20). The van der Waals surface area contributed by atoms with Crippen molar-refractivity contribution in [2.24, 2.45) is 0 Å². The van der Waals surface area contributed by atoms with Crippen molar-refractivity contribution >= 4 is 16.9 Å². The molecule has 100 valence electrons. The Labute approximate surface area is 112 Å². The summed E-state index contributed by atoms with van der Waals surface area (Å²) in [5, 5.41) is 9.66. The zero-order valence-corrected chi connectivity index (χ0v) is 10.2. The van der Waals surface area contributed by atoms with Crippen LogP contribution in [0.15, 0.2) is 42.5 Å². The van der Waals surface area contributed by atoms with E-state index in [2.05, 4.69) is 4.98 Å². The normalized spacial score (nSPS) is 10.9. The molecule has 5 heteroatoms. The zero-order valence-electron chi connectivity index (χ0n) is 10.2. The first-order chi connectivity index (χ1) is 9.54. The van der Waals surface area contributed by atoms with Crippen LogP contribution in [-0.4, -0.2) is 16.1 Å². The third-order valence-electron chi connectivity index (χ3n) is 3.11. The third-order valence-corrected chi connectivity index (χ3v) is 3.11. The van der Waals surface area contributed by atoms with E-state index in [1.54, 1.807) is 18.2 Å². The lowest BCUT2D eigenvalue weighted by Gasteiger charge is -2.02. The Morgan fingerprint density at radius 3 is 2.35 bits per heavy atom. The van der Waals surface area contributed by atoms with E-state index in [-0.39, 0.29) is 5.69 Å². The Balaban J connectivity index is 2.12. The second-order valence-corrected chi connectivity index (χ2v) is 4.42. The quantitative estimate of drug-likeness (QED) is 0.746. The van der Waals surface area contributed by atoms with Gasteiger partial charge in [0.15, 0.2) is 11.6 Å². The highest BCUT2D eigenvalue weighted by molar-refractivity contribution is 5.95. The van der Waals surface area contributed by atoms with Crippen LogP contribution in [0.4, 0.5) is 8.78 Å². The molecule has 0 unspecified atom stereocenters. The lowest BCUT2D eigenvalue weighted by atomic mass is 10.0. The van der Waals surface area contributed by atoms with Crippen molar-refractivity contribution in [3.63, 3.8) is 0 Å². The summed E-state index contributed by atoms with van der Waals surface area (Å²) in [5.41, 5.74) is 1.92. The number of halogens is 2. The van der Waals surface area contributed by atoms with E-state index in [4.69, 9.17) is 5.11 Å². The molecule has 0 aliphatic rings. The minimum Gasteiger partial charge on any atom is -0.477 e. The number of rotatable bonds is 2. The van der Waals surface area contributed by atoms with Crippen molar-refractivity contribution in [1.29, 1.82) is 0 Å². The summed E-state index contributed by atoms with van der Waals surface area (Å²) in [6.07, 6.45) is 0. The van der Waals surface area contributed by atoms with Gasteiger partial charge >= 0.3 is 5.97 Å². The summed E-state index contributed by atoms with van der Waals surface area (Å²) in [6, 6.07) is 10.3. The molecule has 0 bridgehead atoms. The molecule has 0 fully saturated rings. The Hall–Kier alpha value is -2.69. The molecule has 0 saturated heterocycles. The average molecular weight is 273 g/mol. The number of H-pyrrole nitrogens is 1. The minimum absolute atomic E-state index is 0.0856. The lowest BCUT2D eigenvalue weighted by Crippen LogP contribution is -1.94. The molecule has 0 spiro atoms. The topological polar surface area (TPSA) is 53.1 Å². The maximum absolute atomic E-state index is 13.2. The molecule has 3 nitrogen and oxygen atoms in total. The van der Waals surface area contributed by atoms with Crippen molar-refractivity contribution in [2.75, 3.05) is 0 Å². The number of benzene rings is 2. The van der Waals surface area contributed by atoms with Gasteiger partial charge in [-0.15, -0.1) is 0 Å². The van der Waals surface area contributed by atoms with Gasteiger partial charge in [0.2, 0.25) is 0 Å². The van der Waals surface area contributed by atoms with Crippen LogP contribution in [0.25, 0.3) is 22.0 Å². The van der Waals surface area contributed by atoms with E-state index in [0.717, 1.165) is 17.5 Å². The monoisotopic (exact) mass is 273 g/mol. The van der Waals surface area contributed by atoms with Crippen LogP contribution in [0.1, 0.15) is 10.5 Å². The van der Waals surface area contributed by atoms with Gasteiger partial charge in [0, 0.05) is 10.9 Å². The van der Waals surface area contributed by atoms with Gasteiger partial charge in [0.25, 0.3) is 0 Å². The molecule has 3 rings (SSSR count). The highest BCUT2D eigenvalue weighted by Crippen LogP contribution is 2.26. The van der Waals surface area contributed by atoms with Crippen LogP contribution in [-0.2, 0) is 0 Å². The lowest BCUT2D eigenvalue weighted by molar-refractivity contribution is 0.0691. The molecule has 1 aromatic heterocycles. The smallest absolute Gasteiger partial charge is 0.352 e. The molecule has 0 amide bonds. The second kappa shape index (κ2) is 4.45. The van der Waals surface area contributed by atoms with Gasteiger partial charge in [0.1, 0.15) is 5.69 Å². The second-order valence-electron chi connectivity index (χ2n) is 4.42. The highest BCUT2D eigenvalue weighted by atomic mass is 19.2. The van der Waals surface area contributed by atoms with Gasteiger partial charge in [-0.25, -0.2) is 13.6 Å². The molecule has 2 aromatic carbocycles. The van der Waals surface area contributed by atoms with Crippen LogP contribution in [0.5, 0.6) is 0 Å². The molecule has 0 aliphatic heterocycles. The van der Waals surface area contributed by atoms with E-state index in [1.807, 2.05) is 0 Å². The first-order valence-corrected chi connectivity index (χ1v) is 5.86. The number of hydrogen-bond acceptors (Lipinski definition) is 1. The minimum atomic E-state index is -1.05. The third kappa shape index (κ3) is 2.03. The predicted molar refractivity (Wildman–Crippen MR) is 70.6 cm³/mol. The van der Waals surface area contributed by atoms with Crippen molar-refractivity contribution < 1.29 is 18.7 Å². The summed E-state index contributed by atoms with van der Waals surface area (Å²) >= 11 is 0. The van der Waals surface area contributed by atoms with E-state index in [0.29, 0.717) is 16.6 Å². The first-order valence-electron chi connectivity index (χ1n) is 5.86. The van der Waals surface area contributed by atoms with Gasteiger partial charge < -0.3 is 10.1 Å².